The third-order valence-corrected chi connectivity index (χ3v) is 14.7. The molecule has 11 rings (SSSR count). The molecule has 0 spiro atoms. The van der Waals surface area contributed by atoms with Crippen LogP contribution in [0.1, 0.15) is 77.9 Å². The fraction of sp³-hybridized carbons (Fsp3) is 0.0513. The molecule has 0 heterocycles. The van der Waals surface area contributed by atoms with Crippen molar-refractivity contribution in [2.45, 2.75) is 27.7 Å². The molecule has 0 aliphatic carbocycles. The summed E-state index contributed by atoms with van der Waals surface area (Å²) in [5.74, 6) is 0. The Labute approximate surface area is 473 Å². The molecule has 2 heteroatoms. The standard InChI is InChI=1S/C78H64N2/c1-57-29-51-77(59(3)53-57)79(73-47-37-63(38-48-73)55-75(67-21-9-5-10-22-67)68-23-11-6-12-24-68)71-43-33-61(34-44-71)31-41-65-19-17-18-20-66(65)42-32-62-35-45-72(46-36-62)80(78-52-30-58(2)54-60(78)4)74-49-39-64(40-50-74)56-76(69-25-13-7-14-26-69)70-27-15-8-16-28-70/h5-56H,1-4H3. The highest BCUT2D eigenvalue weighted by molar-refractivity contribution is 5.93. The summed E-state index contributed by atoms with van der Waals surface area (Å²) in [5.41, 5.74) is 25.6. The molecule has 0 radical (unpaired) electrons. The molecule has 0 amide bonds. The topological polar surface area (TPSA) is 6.48 Å². The Bertz CT molecular complexity index is 3620. The van der Waals surface area contributed by atoms with Crippen LogP contribution in [-0.4, -0.2) is 0 Å². The van der Waals surface area contributed by atoms with Crippen LogP contribution in [-0.2, 0) is 0 Å². The van der Waals surface area contributed by atoms with Crippen molar-refractivity contribution in [1.82, 2.24) is 0 Å². The van der Waals surface area contributed by atoms with Crippen molar-refractivity contribution in [1.29, 1.82) is 0 Å². The maximum atomic E-state index is 2.36. The highest BCUT2D eigenvalue weighted by Gasteiger charge is 2.17. The number of benzene rings is 11. The molecule has 0 atom stereocenters. The van der Waals surface area contributed by atoms with E-state index in [1.807, 2.05) is 0 Å². The maximum absolute atomic E-state index is 2.36. The molecule has 0 unspecified atom stereocenters. The lowest BCUT2D eigenvalue weighted by Gasteiger charge is -2.27. The van der Waals surface area contributed by atoms with Crippen molar-refractivity contribution in [3.63, 3.8) is 0 Å². The van der Waals surface area contributed by atoms with Crippen molar-refractivity contribution < 1.29 is 0 Å². The maximum Gasteiger partial charge on any atom is 0.0490 e. The van der Waals surface area contributed by atoms with Gasteiger partial charge in [-0.25, -0.2) is 0 Å². The fourth-order valence-electron chi connectivity index (χ4n) is 10.5. The van der Waals surface area contributed by atoms with Crippen LogP contribution in [0, 0.1) is 27.7 Å². The number of hydrogen-bond acceptors (Lipinski definition) is 2. The van der Waals surface area contributed by atoms with E-state index >= 15 is 0 Å². The lowest BCUT2D eigenvalue weighted by molar-refractivity contribution is 1.24. The first-order valence-corrected chi connectivity index (χ1v) is 27.5. The van der Waals surface area contributed by atoms with E-state index in [0.29, 0.717) is 0 Å². The van der Waals surface area contributed by atoms with E-state index in [9.17, 15) is 0 Å². The van der Waals surface area contributed by atoms with Crippen molar-refractivity contribution in [3.8, 4) is 0 Å². The molecule has 2 nitrogen and oxygen atoms in total. The van der Waals surface area contributed by atoms with Crippen molar-refractivity contribution in [3.05, 3.63) is 357 Å². The van der Waals surface area contributed by atoms with E-state index < -0.39 is 0 Å². The third kappa shape index (κ3) is 12.4. The van der Waals surface area contributed by atoms with Gasteiger partial charge in [-0.2, -0.15) is 0 Å². The first-order chi connectivity index (χ1) is 39.3. The minimum atomic E-state index is 1.10. The second-order valence-electron chi connectivity index (χ2n) is 20.5. The average molecular weight is 1030 g/mol. The minimum Gasteiger partial charge on any atom is -0.310 e. The fourth-order valence-corrected chi connectivity index (χ4v) is 10.5. The molecule has 0 saturated carbocycles. The monoisotopic (exact) mass is 1030 g/mol. The van der Waals surface area contributed by atoms with Gasteiger partial charge in [-0.1, -0.05) is 254 Å². The van der Waals surface area contributed by atoms with E-state index in [1.54, 1.807) is 0 Å². The molecular weight excluding hydrogens is 965 g/mol. The van der Waals surface area contributed by atoms with Gasteiger partial charge in [0.15, 0.2) is 0 Å². The van der Waals surface area contributed by atoms with E-state index in [2.05, 4.69) is 353 Å². The molecule has 0 fully saturated rings. The van der Waals surface area contributed by atoms with E-state index in [-0.39, 0.29) is 0 Å². The van der Waals surface area contributed by atoms with Crippen LogP contribution in [0.4, 0.5) is 34.1 Å². The third-order valence-electron chi connectivity index (χ3n) is 14.7. The number of hydrogen-bond donors (Lipinski definition) is 0. The lowest BCUT2D eigenvalue weighted by Crippen LogP contribution is -2.11. The molecule has 0 aliphatic heterocycles. The zero-order valence-corrected chi connectivity index (χ0v) is 45.9. The molecule has 11 aromatic rings. The van der Waals surface area contributed by atoms with Gasteiger partial charge in [0, 0.05) is 34.1 Å². The molecule has 0 bridgehead atoms. The van der Waals surface area contributed by atoms with Crippen LogP contribution in [0.15, 0.2) is 279 Å². The Morgan fingerprint density at radius 2 is 0.537 bits per heavy atom. The number of aryl methyl sites for hydroxylation is 4. The highest BCUT2D eigenvalue weighted by atomic mass is 15.1. The predicted octanol–water partition coefficient (Wildman–Crippen LogP) is 21.4. The van der Waals surface area contributed by atoms with E-state index in [4.69, 9.17) is 0 Å². The van der Waals surface area contributed by atoms with Gasteiger partial charge < -0.3 is 9.80 Å². The molecule has 11 aromatic carbocycles. The summed E-state index contributed by atoms with van der Waals surface area (Å²) in [6, 6.07) is 100. The Morgan fingerprint density at radius 1 is 0.263 bits per heavy atom. The normalized spacial score (nSPS) is 11.2. The average Bonchev–Trinajstić information content (AvgIpc) is 3.52. The van der Waals surface area contributed by atoms with Gasteiger partial charge in [-0.3, -0.25) is 0 Å². The molecule has 386 valence electrons. The molecule has 0 N–H and O–H groups in total. The van der Waals surface area contributed by atoms with Crippen molar-refractivity contribution >= 4 is 81.7 Å². The van der Waals surface area contributed by atoms with Gasteiger partial charge in [0.05, 0.1) is 0 Å². The first-order valence-electron chi connectivity index (χ1n) is 27.5. The highest BCUT2D eigenvalue weighted by Crippen LogP contribution is 2.40. The summed E-state index contributed by atoms with van der Waals surface area (Å²) in [5, 5.41) is 0. The summed E-state index contributed by atoms with van der Waals surface area (Å²) < 4.78 is 0. The van der Waals surface area contributed by atoms with Gasteiger partial charge in [0.25, 0.3) is 0 Å². The van der Waals surface area contributed by atoms with Gasteiger partial charge in [0.2, 0.25) is 0 Å². The Kier molecular flexibility index (Phi) is 16.0. The molecule has 0 aliphatic rings. The van der Waals surface area contributed by atoms with Gasteiger partial charge >= 0.3 is 0 Å². The minimum absolute atomic E-state index is 1.10. The zero-order valence-electron chi connectivity index (χ0n) is 45.9. The Hall–Kier alpha value is -10.0. The SMILES string of the molecule is Cc1ccc(N(c2ccc(C=Cc3ccccc3C=Cc3ccc(N(c4ccc(C=C(c5ccccc5)c5ccccc5)cc4)c4ccc(C)cc4C)cc3)cc2)c2ccc(C=C(c3ccccc3)c3ccccc3)cc2)c(C)c1. The molecule has 0 aromatic heterocycles. The van der Waals surface area contributed by atoms with Crippen molar-refractivity contribution in [2.75, 3.05) is 9.80 Å². The number of rotatable bonds is 16. The van der Waals surface area contributed by atoms with Crippen LogP contribution in [0.25, 0.3) is 47.6 Å². The quantitative estimate of drug-likeness (QED) is 0.0890. The summed E-state index contributed by atoms with van der Waals surface area (Å²) in [6.45, 7) is 8.71. The van der Waals surface area contributed by atoms with Crippen LogP contribution < -0.4 is 9.80 Å². The molecule has 0 saturated heterocycles. The second kappa shape index (κ2) is 24.5. The first kappa shape index (κ1) is 52.1. The summed E-state index contributed by atoms with van der Waals surface area (Å²) in [6.07, 6.45) is 13.4. The van der Waals surface area contributed by atoms with Gasteiger partial charge in [-0.05, 0) is 178 Å². The Morgan fingerprint density at radius 3 is 0.825 bits per heavy atom. The van der Waals surface area contributed by atoms with Crippen LogP contribution in [0.3, 0.4) is 0 Å². The molecule has 80 heavy (non-hydrogen) atoms. The van der Waals surface area contributed by atoms with Crippen LogP contribution in [0.2, 0.25) is 0 Å². The van der Waals surface area contributed by atoms with Gasteiger partial charge in [0.1, 0.15) is 0 Å². The summed E-state index contributed by atoms with van der Waals surface area (Å²) in [4.78, 5) is 4.73. The van der Waals surface area contributed by atoms with Crippen LogP contribution in [0.5, 0.6) is 0 Å². The van der Waals surface area contributed by atoms with E-state index in [1.165, 1.54) is 55.7 Å². The number of anilines is 6. The van der Waals surface area contributed by atoms with Gasteiger partial charge in [-0.15, -0.1) is 0 Å². The summed E-state index contributed by atoms with van der Waals surface area (Å²) in [7, 11) is 0. The Balaban J connectivity index is 0.825. The zero-order chi connectivity index (χ0) is 54.6. The largest absolute Gasteiger partial charge is 0.310 e. The smallest absolute Gasteiger partial charge is 0.0490 e. The van der Waals surface area contributed by atoms with Crippen molar-refractivity contribution in [2.24, 2.45) is 0 Å². The summed E-state index contributed by atoms with van der Waals surface area (Å²) >= 11 is 0. The van der Waals surface area contributed by atoms with Crippen LogP contribution >= 0.6 is 0 Å². The second-order valence-corrected chi connectivity index (χ2v) is 20.5. The lowest BCUT2D eigenvalue weighted by atomic mass is 9.95. The van der Waals surface area contributed by atoms with E-state index in [0.717, 1.165) is 67.5 Å². The molecular formula is C78H64N2. The number of nitrogens with zero attached hydrogens (tertiary/aromatic N) is 2. The predicted molar refractivity (Wildman–Crippen MR) is 345 cm³/mol.